The zero-order valence-corrected chi connectivity index (χ0v) is 19.7. The molecule has 1 aliphatic rings. The number of fused-ring (bicyclic) bond motifs is 1. The van der Waals surface area contributed by atoms with E-state index in [1.807, 2.05) is 62.4 Å². The van der Waals surface area contributed by atoms with Crippen molar-refractivity contribution >= 4 is 27.3 Å². The maximum Gasteiger partial charge on any atom is 0.264 e. The highest BCUT2D eigenvalue weighted by molar-refractivity contribution is 7.92. The molecule has 1 N–H and O–H groups in total. The number of aryl methyl sites for hydroxylation is 1. The van der Waals surface area contributed by atoms with Crippen molar-refractivity contribution in [3.8, 4) is 5.69 Å². The molecule has 1 unspecified atom stereocenters. The van der Waals surface area contributed by atoms with E-state index in [1.54, 1.807) is 29.1 Å². The van der Waals surface area contributed by atoms with E-state index < -0.39 is 10.0 Å². The smallest absolute Gasteiger partial charge is 0.264 e. The Balaban J connectivity index is 1.42. The first kappa shape index (κ1) is 21.9. The molecule has 0 spiro atoms. The summed E-state index contributed by atoms with van der Waals surface area (Å²) in [6, 6.07) is 22.7. The molecule has 1 aliphatic heterocycles. The van der Waals surface area contributed by atoms with Crippen LogP contribution >= 0.6 is 0 Å². The Kier molecular flexibility index (Phi) is 5.45. The number of hydrogen-bond acceptors (Lipinski definition) is 4. The molecule has 1 atom stereocenters. The Morgan fingerprint density at radius 3 is 2.59 bits per heavy atom. The van der Waals surface area contributed by atoms with Crippen LogP contribution in [0.5, 0.6) is 0 Å². The molecule has 172 valence electrons. The lowest BCUT2D eigenvalue weighted by Crippen LogP contribution is -2.35. The van der Waals surface area contributed by atoms with Crippen LogP contribution in [0.25, 0.3) is 5.69 Å². The summed E-state index contributed by atoms with van der Waals surface area (Å²) in [4.78, 5) is 13.1. The number of anilines is 2. The maximum atomic E-state index is 13.5. The lowest BCUT2D eigenvalue weighted by Gasteiger charge is -2.24. The van der Waals surface area contributed by atoms with Gasteiger partial charge in [-0.3, -0.25) is 9.10 Å². The number of amides is 1. The van der Waals surface area contributed by atoms with Gasteiger partial charge in [0.1, 0.15) is 0 Å². The first-order valence-corrected chi connectivity index (χ1v) is 12.4. The zero-order chi connectivity index (χ0) is 23.9. The van der Waals surface area contributed by atoms with Gasteiger partial charge in [0.15, 0.2) is 0 Å². The van der Waals surface area contributed by atoms with Gasteiger partial charge in [0.25, 0.3) is 15.9 Å². The minimum Gasteiger partial charge on any atom is -0.322 e. The summed E-state index contributed by atoms with van der Waals surface area (Å²) in [5.41, 5.74) is 4.34. The topological polar surface area (TPSA) is 84.3 Å². The summed E-state index contributed by atoms with van der Waals surface area (Å²) in [5, 5.41) is 7.16. The highest BCUT2D eigenvalue weighted by Gasteiger charge is 2.36. The van der Waals surface area contributed by atoms with E-state index in [0.29, 0.717) is 17.8 Å². The third-order valence-corrected chi connectivity index (χ3v) is 7.90. The third-order valence-electron chi connectivity index (χ3n) is 5.98. The molecule has 0 saturated carbocycles. The van der Waals surface area contributed by atoms with Crippen LogP contribution in [-0.4, -0.2) is 30.1 Å². The second-order valence-electron chi connectivity index (χ2n) is 8.40. The van der Waals surface area contributed by atoms with Crippen LogP contribution in [0.4, 0.5) is 11.4 Å². The van der Waals surface area contributed by atoms with Gasteiger partial charge < -0.3 is 5.32 Å². The fraction of sp³-hybridized carbons (Fsp3) is 0.154. The molecule has 1 amide bonds. The van der Waals surface area contributed by atoms with Gasteiger partial charge in [0, 0.05) is 29.2 Å². The Hall–Kier alpha value is -3.91. The van der Waals surface area contributed by atoms with E-state index in [-0.39, 0.29) is 22.4 Å². The van der Waals surface area contributed by atoms with Crippen LogP contribution < -0.4 is 9.62 Å². The highest BCUT2D eigenvalue weighted by Crippen LogP contribution is 2.36. The molecule has 2 heterocycles. The van der Waals surface area contributed by atoms with Crippen LogP contribution in [0.2, 0.25) is 0 Å². The minimum absolute atomic E-state index is 0.0876. The number of nitrogens with one attached hydrogen (secondary N) is 1. The molecule has 7 nitrogen and oxygen atoms in total. The van der Waals surface area contributed by atoms with Gasteiger partial charge in [0.2, 0.25) is 0 Å². The quantitative estimate of drug-likeness (QED) is 0.461. The van der Waals surface area contributed by atoms with E-state index >= 15 is 0 Å². The average molecular weight is 473 g/mol. The summed E-state index contributed by atoms with van der Waals surface area (Å²) in [6.07, 6.45) is 2.37. The molecule has 0 saturated heterocycles. The minimum atomic E-state index is -3.83. The molecular weight excluding hydrogens is 448 g/mol. The first-order chi connectivity index (χ1) is 16.3. The molecule has 0 fully saturated rings. The number of para-hydroxylation sites is 1. The van der Waals surface area contributed by atoms with Gasteiger partial charge >= 0.3 is 0 Å². The van der Waals surface area contributed by atoms with Crippen molar-refractivity contribution < 1.29 is 13.2 Å². The van der Waals surface area contributed by atoms with Gasteiger partial charge in [-0.1, -0.05) is 30.3 Å². The van der Waals surface area contributed by atoms with Crippen molar-refractivity contribution in [1.29, 1.82) is 0 Å². The van der Waals surface area contributed by atoms with Gasteiger partial charge in [0.05, 0.1) is 16.3 Å². The Labute approximate surface area is 198 Å². The zero-order valence-electron chi connectivity index (χ0n) is 18.8. The molecule has 8 heteroatoms. The third kappa shape index (κ3) is 3.86. The van der Waals surface area contributed by atoms with Crippen molar-refractivity contribution in [2.75, 3.05) is 9.62 Å². The predicted molar refractivity (Wildman–Crippen MR) is 132 cm³/mol. The first-order valence-electron chi connectivity index (χ1n) is 11.0. The van der Waals surface area contributed by atoms with E-state index in [2.05, 4.69) is 10.4 Å². The Morgan fingerprint density at radius 2 is 1.79 bits per heavy atom. The van der Waals surface area contributed by atoms with Crippen LogP contribution in [0.3, 0.4) is 0 Å². The average Bonchev–Trinajstić information content (AvgIpc) is 3.41. The lowest BCUT2D eigenvalue weighted by molar-refractivity contribution is 0.102. The molecule has 0 aliphatic carbocycles. The molecular formula is C26H24N4O3S. The molecule has 34 heavy (non-hydrogen) atoms. The molecule has 0 bridgehead atoms. The summed E-state index contributed by atoms with van der Waals surface area (Å²) in [5.74, 6) is -0.388. The number of hydrogen-bond donors (Lipinski definition) is 1. The van der Waals surface area contributed by atoms with Crippen LogP contribution in [-0.2, 0) is 16.4 Å². The second-order valence-corrected chi connectivity index (χ2v) is 10.2. The van der Waals surface area contributed by atoms with Gasteiger partial charge in [-0.15, -0.1) is 0 Å². The van der Waals surface area contributed by atoms with E-state index in [0.717, 1.165) is 16.9 Å². The SMILES string of the molecule is Cc1ccnn1-c1cccc(NC(=O)c2cccc(S(=O)(=O)N3c4ccccc4CC3C)c2)c1. The van der Waals surface area contributed by atoms with Crippen molar-refractivity contribution in [3.05, 3.63) is 102 Å². The standard InChI is InChI=1S/C26H24N4O3S/c1-18-13-14-27-29(18)23-10-6-9-22(17-23)28-26(31)21-8-5-11-24(16-21)34(32,33)30-19(2)15-20-7-3-4-12-25(20)30/h3-14,16-17,19H,15H2,1-2H3,(H,28,31). The van der Waals surface area contributed by atoms with Gasteiger partial charge in [-0.05, 0) is 74.4 Å². The molecule has 4 aromatic rings. The van der Waals surface area contributed by atoms with Gasteiger partial charge in [-0.2, -0.15) is 5.10 Å². The number of aromatic nitrogens is 2. The molecule has 5 rings (SSSR count). The summed E-state index contributed by atoms with van der Waals surface area (Å²) in [6.45, 7) is 3.84. The fourth-order valence-corrected chi connectivity index (χ4v) is 6.11. The van der Waals surface area contributed by atoms with E-state index in [4.69, 9.17) is 0 Å². The predicted octanol–water partition coefficient (Wildman–Crippen LogP) is 4.57. The second kappa shape index (κ2) is 8.46. The number of carbonyl (C=O) groups excluding carboxylic acids is 1. The van der Waals surface area contributed by atoms with Crippen molar-refractivity contribution in [2.45, 2.75) is 31.2 Å². The van der Waals surface area contributed by atoms with Crippen molar-refractivity contribution in [2.24, 2.45) is 0 Å². The molecule has 3 aromatic carbocycles. The van der Waals surface area contributed by atoms with E-state index in [9.17, 15) is 13.2 Å². The maximum absolute atomic E-state index is 13.5. The van der Waals surface area contributed by atoms with Crippen molar-refractivity contribution in [1.82, 2.24) is 9.78 Å². The Bertz CT molecular complexity index is 1490. The number of nitrogens with zero attached hydrogens (tertiary/aromatic N) is 3. The normalized spacial score (nSPS) is 15.2. The van der Waals surface area contributed by atoms with Crippen LogP contribution in [0, 0.1) is 6.92 Å². The molecule has 0 radical (unpaired) electrons. The van der Waals surface area contributed by atoms with Crippen LogP contribution in [0.15, 0.2) is 90.0 Å². The number of sulfonamides is 1. The summed E-state index contributed by atoms with van der Waals surface area (Å²) >= 11 is 0. The lowest BCUT2D eigenvalue weighted by atomic mass is 10.1. The largest absolute Gasteiger partial charge is 0.322 e. The number of rotatable bonds is 5. The van der Waals surface area contributed by atoms with Gasteiger partial charge in [-0.25, -0.2) is 13.1 Å². The van der Waals surface area contributed by atoms with Crippen LogP contribution in [0.1, 0.15) is 28.5 Å². The van der Waals surface area contributed by atoms with E-state index in [1.165, 1.54) is 16.4 Å². The summed E-state index contributed by atoms with van der Waals surface area (Å²) in [7, 11) is -3.83. The Morgan fingerprint density at radius 1 is 1.00 bits per heavy atom. The fourth-order valence-electron chi connectivity index (χ4n) is 4.37. The van der Waals surface area contributed by atoms with Crippen molar-refractivity contribution in [3.63, 3.8) is 0 Å². The number of carbonyl (C=O) groups is 1. The summed E-state index contributed by atoms with van der Waals surface area (Å²) < 4.78 is 30.3. The number of benzene rings is 3. The molecule has 1 aromatic heterocycles. The highest BCUT2D eigenvalue weighted by atomic mass is 32.2. The monoisotopic (exact) mass is 472 g/mol.